The quantitative estimate of drug-likeness (QED) is 0.577. The molecule has 3 aliphatic heterocycles. The molecule has 4 rings (SSSR count). The van der Waals surface area contributed by atoms with Gasteiger partial charge in [0.2, 0.25) is 5.91 Å². The predicted molar refractivity (Wildman–Crippen MR) is 90.3 cm³/mol. The molecule has 3 saturated heterocycles. The molecule has 0 bridgehead atoms. The van der Waals surface area contributed by atoms with Gasteiger partial charge in [-0.05, 0) is 11.6 Å². The lowest BCUT2D eigenvalue weighted by molar-refractivity contribution is -0.124. The SMILES string of the molecule is O=C1NC(=NCc2ccccc2N2CCOCC2)NC2NNCC12. The van der Waals surface area contributed by atoms with Crippen LogP contribution in [0.3, 0.4) is 0 Å². The van der Waals surface area contributed by atoms with Gasteiger partial charge in [0.15, 0.2) is 5.96 Å². The first-order valence-electron chi connectivity index (χ1n) is 8.32. The molecule has 8 nitrogen and oxygen atoms in total. The van der Waals surface area contributed by atoms with Gasteiger partial charge in [0.1, 0.15) is 6.17 Å². The van der Waals surface area contributed by atoms with Crippen molar-refractivity contribution in [3.05, 3.63) is 29.8 Å². The molecule has 3 aliphatic rings. The Morgan fingerprint density at radius 1 is 1.25 bits per heavy atom. The first-order valence-corrected chi connectivity index (χ1v) is 8.32. The van der Waals surface area contributed by atoms with E-state index in [2.05, 4.69) is 43.5 Å². The van der Waals surface area contributed by atoms with Crippen LogP contribution in [-0.4, -0.2) is 50.9 Å². The largest absolute Gasteiger partial charge is 0.378 e. The van der Waals surface area contributed by atoms with Crippen molar-refractivity contribution in [2.75, 3.05) is 37.7 Å². The fourth-order valence-electron chi connectivity index (χ4n) is 3.28. The standard InChI is InChI=1S/C16H22N6O2/c23-15-12-10-18-21-14(12)19-16(20-15)17-9-11-3-1-2-4-13(11)22-5-7-24-8-6-22/h1-4,12,14,18,21H,5-10H2,(H2,17,19,20,23). The number of nitrogens with zero attached hydrogens (tertiary/aromatic N) is 2. The summed E-state index contributed by atoms with van der Waals surface area (Å²) in [5, 5.41) is 6.07. The van der Waals surface area contributed by atoms with E-state index in [9.17, 15) is 4.79 Å². The van der Waals surface area contributed by atoms with Gasteiger partial charge in [0.25, 0.3) is 0 Å². The molecule has 3 fully saturated rings. The second kappa shape index (κ2) is 6.76. The molecule has 4 N–H and O–H groups in total. The van der Waals surface area contributed by atoms with Crippen molar-refractivity contribution in [1.82, 2.24) is 21.5 Å². The Kier molecular flexibility index (Phi) is 4.33. The molecular weight excluding hydrogens is 308 g/mol. The van der Waals surface area contributed by atoms with Crippen LogP contribution in [0.4, 0.5) is 5.69 Å². The van der Waals surface area contributed by atoms with E-state index in [0.29, 0.717) is 19.0 Å². The van der Waals surface area contributed by atoms with Gasteiger partial charge >= 0.3 is 0 Å². The summed E-state index contributed by atoms with van der Waals surface area (Å²) in [5.41, 5.74) is 8.38. The van der Waals surface area contributed by atoms with E-state index in [-0.39, 0.29) is 18.0 Å². The number of nitrogens with one attached hydrogen (secondary N) is 4. The molecule has 0 saturated carbocycles. The summed E-state index contributed by atoms with van der Waals surface area (Å²) < 4.78 is 5.43. The van der Waals surface area contributed by atoms with Gasteiger partial charge in [0.05, 0.1) is 25.7 Å². The van der Waals surface area contributed by atoms with Crippen LogP contribution in [0, 0.1) is 5.92 Å². The number of morpholine rings is 1. The number of amides is 1. The van der Waals surface area contributed by atoms with Crippen LogP contribution in [0.1, 0.15) is 5.56 Å². The molecule has 0 radical (unpaired) electrons. The van der Waals surface area contributed by atoms with Crippen molar-refractivity contribution in [3.8, 4) is 0 Å². The van der Waals surface area contributed by atoms with E-state index < -0.39 is 0 Å². The first kappa shape index (κ1) is 15.4. The molecule has 0 aliphatic carbocycles. The van der Waals surface area contributed by atoms with E-state index in [4.69, 9.17) is 4.74 Å². The van der Waals surface area contributed by atoms with Crippen molar-refractivity contribution >= 4 is 17.6 Å². The van der Waals surface area contributed by atoms with Gasteiger partial charge in [0, 0.05) is 25.3 Å². The smallest absolute Gasteiger partial charge is 0.234 e. The normalized spacial score (nSPS) is 28.4. The number of guanidine groups is 1. The van der Waals surface area contributed by atoms with Gasteiger partial charge in [-0.15, -0.1) is 0 Å². The molecule has 2 unspecified atom stereocenters. The highest BCUT2D eigenvalue weighted by Crippen LogP contribution is 2.22. The summed E-state index contributed by atoms with van der Waals surface area (Å²) >= 11 is 0. The molecule has 128 valence electrons. The molecule has 24 heavy (non-hydrogen) atoms. The fraction of sp³-hybridized carbons (Fsp3) is 0.500. The maximum absolute atomic E-state index is 12.1. The second-order valence-corrected chi connectivity index (χ2v) is 6.14. The minimum absolute atomic E-state index is 0.00327. The highest BCUT2D eigenvalue weighted by Gasteiger charge is 2.37. The van der Waals surface area contributed by atoms with E-state index >= 15 is 0 Å². The third-order valence-corrected chi connectivity index (χ3v) is 4.60. The highest BCUT2D eigenvalue weighted by molar-refractivity contribution is 6.01. The Bertz CT molecular complexity index is 643. The van der Waals surface area contributed by atoms with Crippen molar-refractivity contribution in [2.24, 2.45) is 10.9 Å². The van der Waals surface area contributed by atoms with Gasteiger partial charge < -0.3 is 15.0 Å². The lowest BCUT2D eigenvalue weighted by Crippen LogP contribution is -2.61. The van der Waals surface area contributed by atoms with Crippen LogP contribution in [0.5, 0.6) is 0 Å². The highest BCUT2D eigenvalue weighted by atomic mass is 16.5. The number of benzene rings is 1. The van der Waals surface area contributed by atoms with E-state index in [0.717, 1.165) is 31.9 Å². The van der Waals surface area contributed by atoms with Gasteiger partial charge in [-0.3, -0.25) is 15.5 Å². The number of carbonyl (C=O) groups is 1. The van der Waals surface area contributed by atoms with Crippen LogP contribution in [0.2, 0.25) is 0 Å². The first-order chi connectivity index (χ1) is 11.8. The fourth-order valence-corrected chi connectivity index (χ4v) is 3.28. The van der Waals surface area contributed by atoms with Gasteiger partial charge in [-0.1, -0.05) is 18.2 Å². The number of hydrogen-bond acceptors (Lipinski definition) is 6. The average Bonchev–Trinajstić information content (AvgIpc) is 3.10. The molecule has 1 aromatic carbocycles. The Morgan fingerprint density at radius 3 is 2.96 bits per heavy atom. The summed E-state index contributed by atoms with van der Waals surface area (Å²) in [4.78, 5) is 19.0. The number of hydrazine groups is 1. The van der Waals surface area contributed by atoms with E-state index in [1.807, 2.05) is 12.1 Å². The minimum atomic E-state index is -0.107. The molecule has 1 amide bonds. The Labute approximate surface area is 140 Å². The number of fused-ring (bicyclic) bond motifs is 1. The summed E-state index contributed by atoms with van der Waals surface area (Å²) in [5.74, 6) is 0.412. The molecular formula is C16H22N6O2. The third kappa shape index (κ3) is 3.08. The van der Waals surface area contributed by atoms with Crippen LogP contribution >= 0.6 is 0 Å². The van der Waals surface area contributed by atoms with Crippen molar-refractivity contribution in [3.63, 3.8) is 0 Å². The Morgan fingerprint density at radius 2 is 2.08 bits per heavy atom. The summed E-state index contributed by atoms with van der Waals surface area (Å²) in [6.07, 6.45) is -0.105. The summed E-state index contributed by atoms with van der Waals surface area (Å²) in [7, 11) is 0. The van der Waals surface area contributed by atoms with Crippen molar-refractivity contribution in [1.29, 1.82) is 0 Å². The number of aliphatic imine (C=N–C) groups is 1. The lowest BCUT2D eigenvalue weighted by Gasteiger charge is -2.30. The Hall–Kier alpha value is -2.16. The van der Waals surface area contributed by atoms with Crippen LogP contribution in [-0.2, 0) is 16.1 Å². The third-order valence-electron chi connectivity index (χ3n) is 4.60. The molecule has 0 aromatic heterocycles. The molecule has 1 aromatic rings. The monoisotopic (exact) mass is 330 g/mol. The molecule has 2 atom stereocenters. The minimum Gasteiger partial charge on any atom is -0.378 e. The molecule has 3 heterocycles. The van der Waals surface area contributed by atoms with Crippen LogP contribution < -0.4 is 26.4 Å². The maximum Gasteiger partial charge on any atom is 0.234 e. The maximum atomic E-state index is 12.1. The number of carbonyl (C=O) groups excluding carboxylic acids is 1. The molecule has 0 spiro atoms. The molecule has 8 heteroatoms. The second-order valence-electron chi connectivity index (χ2n) is 6.14. The van der Waals surface area contributed by atoms with E-state index in [1.165, 1.54) is 5.69 Å². The lowest BCUT2D eigenvalue weighted by atomic mass is 10.1. The average molecular weight is 330 g/mol. The number of anilines is 1. The van der Waals surface area contributed by atoms with E-state index in [1.54, 1.807) is 0 Å². The topological polar surface area (TPSA) is 90.0 Å². The summed E-state index contributed by atoms with van der Waals surface area (Å²) in [6.45, 7) is 4.42. The zero-order chi connectivity index (χ0) is 16.4. The number of para-hydroxylation sites is 1. The van der Waals surface area contributed by atoms with Crippen LogP contribution in [0.25, 0.3) is 0 Å². The van der Waals surface area contributed by atoms with Crippen molar-refractivity contribution in [2.45, 2.75) is 12.7 Å². The van der Waals surface area contributed by atoms with Gasteiger partial charge in [-0.25, -0.2) is 10.4 Å². The number of rotatable bonds is 3. The van der Waals surface area contributed by atoms with Crippen LogP contribution in [0.15, 0.2) is 29.3 Å². The zero-order valence-electron chi connectivity index (χ0n) is 13.4. The predicted octanol–water partition coefficient (Wildman–Crippen LogP) is -0.851. The number of hydrogen-bond donors (Lipinski definition) is 4. The van der Waals surface area contributed by atoms with Gasteiger partial charge in [-0.2, -0.15) is 0 Å². The number of ether oxygens (including phenoxy) is 1. The summed E-state index contributed by atoms with van der Waals surface area (Å²) in [6, 6.07) is 8.26. The zero-order valence-corrected chi connectivity index (χ0v) is 13.4. The van der Waals surface area contributed by atoms with Crippen molar-refractivity contribution < 1.29 is 9.53 Å². The Balaban J connectivity index is 1.48.